The molecule has 1 N–H and O–H groups in total. The van der Waals surface area contributed by atoms with E-state index >= 15 is 0 Å². The lowest BCUT2D eigenvalue weighted by Crippen LogP contribution is -2.30. The molecule has 0 atom stereocenters. The van der Waals surface area contributed by atoms with Gasteiger partial charge >= 0.3 is 0 Å². The molecule has 4 aromatic rings. The van der Waals surface area contributed by atoms with Gasteiger partial charge in [0.2, 0.25) is 10.0 Å². The number of benzene rings is 3. The standard InChI is InChI=1S/C22H12Cl2F2N4O3S/c1-34(32,33)29-22(31)14-8-16(23)20(9-18(14)26)30-19-5-3-12(7-15(19)21(24)28-30)11-2-4-17(25)13(6-11)10-27/h2-9H,1H3,(H,29,31). The number of carbonyl (C=O) groups excluding carboxylic acids is 1. The predicted molar refractivity (Wildman–Crippen MR) is 123 cm³/mol. The summed E-state index contributed by atoms with van der Waals surface area (Å²) in [5.41, 5.74) is 1.05. The van der Waals surface area contributed by atoms with Crippen LogP contribution in [0.5, 0.6) is 0 Å². The second-order valence-electron chi connectivity index (χ2n) is 7.23. The molecule has 12 heteroatoms. The lowest BCUT2D eigenvalue weighted by atomic mass is 10.0. The number of amides is 1. The molecule has 4 rings (SSSR count). The van der Waals surface area contributed by atoms with Gasteiger partial charge in [-0.1, -0.05) is 35.3 Å². The highest BCUT2D eigenvalue weighted by molar-refractivity contribution is 7.89. The summed E-state index contributed by atoms with van der Waals surface area (Å²) in [6, 6.07) is 12.8. The van der Waals surface area contributed by atoms with Gasteiger partial charge in [0.15, 0.2) is 5.15 Å². The SMILES string of the molecule is CS(=O)(=O)NC(=O)c1cc(Cl)c(-n2nc(Cl)c3cc(-c4ccc(F)c(C#N)c4)ccc32)cc1F. The van der Waals surface area contributed by atoms with Gasteiger partial charge in [-0.25, -0.2) is 26.6 Å². The number of hydrogen-bond donors (Lipinski definition) is 1. The van der Waals surface area contributed by atoms with Crippen LogP contribution in [0.2, 0.25) is 10.2 Å². The Balaban J connectivity index is 1.80. The van der Waals surface area contributed by atoms with Crippen molar-refractivity contribution < 1.29 is 22.0 Å². The van der Waals surface area contributed by atoms with E-state index < -0.39 is 33.1 Å². The van der Waals surface area contributed by atoms with Gasteiger partial charge in [-0.05, 0) is 41.5 Å². The summed E-state index contributed by atoms with van der Waals surface area (Å²) in [5.74, 6) is -2.83. The van der Waals surface area contributed by atoms with E-state index in [1.54, 1.807) is 29.0 Å². The van der Waals surface area contributed by atoms with Crippen molar-refractivity contribution >= 4 is 50.0 Å². The molecule has 172 valence electrons. The molecule has 0 spiro atoms. The van der Waals surface area contributed by atoms with Crippen LogP contribution in [0, 0.1) is 23.0 Å². The van der Waals surface area contributed by atoms with Crippen molar-refractivity contribution in [3.63, 3.8) is 0 Å². The Labute approximate surface area is 202 Å². The molecule has 0 aliphatic heterocycles. The van der Waals surface area contributed by atoms with Gasteiger partial charge < -0.3 is 0 Å². The molecule has 0 unspecified atom stereocenters. The summed E-state index contributed by atoms with van der Waals surface area (Å²) < 4.78 is 53.9. The van der Waals surface area contributed by atoms with Crippen LogP contribution < -0.4 is 4.72 Å². The highest BCUT2D eigenvalue weighted by Crippen LogP contribution is 2.33. The zero-order chi connectivity index (χ0) is 24.8. The quantitative estimate of drug-likeness (QED) is 0.414. The summed E-state index contributed by atoms with van der Waals surface area (Å²) in [4.78, 5) is 12.1. The number of rotatable bonds is 4. The molecule has 0 saturated heterocycles. The zero-order valence-corrected chi connectivity index (χ0v) is 19.4. The van der Waals surface area contributed by atoms with Crippen molar-refractivity contribution in [2.24, 2.45) is 0 Å². The summed E-state index contributed by atoms with van der Waals surface area (Å²) in [6.45, 7) is 0. The minimum atomic E-state index is -3.91. The number of sulfonamides is 1. The fourth-order valence-electron chi connectivity index (χ4n) is 3.33. The first-order valence-electron chi connectivity index (χ1n) is 9.38. The molecule has 1 aromatic heterocycles. The molecule has 3 aromatic carbocycles. The molecular formula is C22H12Cl2F2N4O3S. The molecule has 0 bridgehead atoms. The van der Waals surface area contributed by atoms with Crippen LogP contribution >= 0.6 is 23.2 Å². The first kappa shape index (κ1) is 23.6. The van der Waals surface area contributed by atoms with Crippen molar-refractivity contribution in [1.82, 2.24) is 14.5 Å². The molecule has 0 radical (unpaired) electrons. The fourth-order valence-corrected chi connectivity index (χ4v) is 4.25. The van der Waals surface area contributed by atoms with Crippen LogP contribution in [-0.4, -0.2) is 30.4 Å². The average Bonchev–Trinajstić information content (AvgIpc) is 3.10. The number of nitrogens with zero attached hydrogens (tertiary/aromatic N) is 3. The zero-order valence-electron chi connectivity index (χ0n) is 17.1. The van der Waals surface area contributed by atoms with Crippen LogP contribution in [0.4, 0.5) is 8.78 Å². The molecule has 0 aliphatic rings. The highest BCUT2D eigenvalue weighted by Gasteiger charge is 2.21. The Morgan fingerprint density at radius 2 is 1.74 bits per heavy atom. The van der Waals surface area contributed by atoms with Crippen molar-refractivity contribution in [2.75, 3.05) is 6.26 Å². The van der Waals surface area contributed by atoms with E-state index in [0.29, 0.717) is 22.0 Å². The number of hydrogen-bond acceptors (Lipinski definition) is 5. The number of carbonyl (C=O) groups is 1. The van der Waals surface area contributed by atoms with Crippen LogP contribution in [0.1, 0.15) is 15.9 Å². The lowest BCUT2D eigenvalue weighted by molar-refractivity contribution is 0.0978. The second-order valence-corrected chi connectivity index (χ2v) is 9.74. The summed E-state index contributed by atoms with van der Waals surface area (Å²) >= 11 is 12.6. The van der Waals surface area contributed by atoms with Gasteiger partial charge in [0.05, 0.1) is 33.6 Å². The number of nitrogens with one attached hydrogen (secondary N) is 1. The smallest absolute Gasteiger partial charge is 0.267 e. The number of fused-ring (bicyclic) bond motifs is 1. The van der Waals surface area contributed by atoms with Crippen molar-refractivity contribution in [3.8, 4) is 22.9 Å². The molecule has 0 aliphatic carbocycles. The van der Waals surface area contributed by atoms with Crippen molar-refractivity contribution in [3.05, 3.63) is 81.5 Å². The van der Waals surface area contributed by atoms with Crippen LogP contribution in [0.3, 0.4) is 0 Å². The normalized spacial score (nSPS) is 11.4. The van der Waals surface area contributed by atoms with Crippen molar-refractivity contribution in [2.45, 2.75) is 0 Å². The maximum atomic E-state index is 14.7. The number of halogens is 4. The first-order valence-corrected chi connectivity index (χ1v) is 12.0. The first-order chi connectivity index (χ1) is 16.0. The summed E-state index contributed by atoms with van der Waals surface area (Å²) in [5, 5.41) is 13.7. The molecule has 0 saturated carbocycles. The van der Waals surface area contributed by atoms with Crippen LogP contribution in [0.25, 0.3) is 27.7 Å². The van der Waals surface area contributed by atoms with Gasteiger partial charge in [0.1, 0.15) is 17.7 Å². The lowest BCUT2D eigenvalue weighted by Gasteiger charge is -2.10. The summed E-state index contributed by atoms with van der Waals surface area (Å²) in [6.07, 6.45) is 0.762. The topological polar surface area (TPSA) is 105 Å². The average molecular weight is 521 g/mol. The summed E-state index contributed by atoms with van der Waals surface area (Å²) in [7, 11) is -3.91. The van der Waals surface area contributed by atoms with E-state index in [-0.39, 0.29) is 21.4 Å². The minimum Gasteiger partial charge on any atom is -0.268 e. The van der Waals surface area contributed by atoms with Gasteiger partial charge in [0.25, 0.3) is 5.91 Å². The highest BCUT2D eigenvalue weighted by atomic mass is 35.5. The van der Waals surface area contributed by atoms with Gasteiger partial charge in [0, 0.05) is 11.5 Å². The van der Waals surface area contributed by atoms with Gasteiger partial charge in [-0.3, -0.25) is 4.79 Å². The Kier molecular flexibility index (Phi) is 6.03. The van der Waals surface area contributed by atoms with E-state index in [1.165, 1.54) is 22.9 Å². The van der Waals surface area contributed by atoms with Crippen molar-refractivity contribution in [1.29, 1.82) is 5.26 Å². The van der Waals surface area contributed by atoms with E-state index in [0.717, 1.165) is 18.4 Å². The molecule has 34 heavy (non-hydrogen) atoms. The minimum absolute atomic E-state index is 0.0632. The van der Waals surface area contributed by atoms with E-state index in [9.17, 15) is 22.0 Å². The van der Waals surface area contributed by atoms with Crippen LogP contribution in [-0.2, 0) is 10.0 Å². The number of nitriles is 1. The Morgan fingerprint density at radius 1 is 1.06 bits per heavy atom. The molecule has 0 fully saturated rings. The van der Waals surface area contributed by atoms with E-state index in [4.69, 9.17) is 28.5 Å². The van der Waals surface area contributed by atoms with E-state index in [2.05, 4.69) is 5.10 Å². The fraction of sp³-hybridized carbons (Fsp3) is 0.0455. The Bertz CT molecular complexity index is 1650. The predicted octanol–water partition coefficient (Wildman–Crippen LogP) is 4.84. The number of aromatic nitrogens is 2. The Hall–Kier alpha value is -3.52. The molecular weight excluding hydrogens is 509 g/mol. The third kappa shape index (κ3) is 4.46. The molecule has 1 heterocycles. The monoisotopic (exact) mass is 520 g/mol. The van der Waals surface area contributed by atoms with Gasteiger partial charge in [-0.2, -0.15) is 10.4 Å². The third-order valence-electron chi connectivity index (χ3n) is 4.84. The van der Waals surface area contributed by atoms with E-state index in [1.807, 2.05) is 0 Å². The van der Waals surface area contributed by atoms with Gasteiger partial charge in [-0.15, -0.1) is 0 Å². The molecule has 7 nitrogen and oxygen atoms in total. The second kappa shape index (κ2) is 8.68. The molecule has 1 amide bonds. The largest absolute Gasteiger partial charge is 0.268 e. The maximum absolute atomic E-state index is 14.7. The third-order valence-corrected chi connectivity index (χ3v) is 5.98. The van der Waals surface area contributed by atoms with Crippen LogP contribution in [0.15, 0.2) is 48.5 Å². The maximum Gasteiger partial charge on any atom is 0.267 e. The Morgan fingerprint density at radius 3 is 2.41 bits per heavy atom.